The molecular weight excluding hydrogens is 250 g/mol. The second-order valence-corrected chi connectivity index (χ2v) is 4.72. The van der Waals surface area contributed by atoms with Crippen LogP contribution in [-0.4, -0.2) is 17.4 Å². The summed E-state index contributed by atoms with van der Waals surface area (Å²) in [4.78, 5) is 17.0. The Morgan fingerprint density at radius 3 is 2.70 bits per heavy atom. The Kier molecular flexibility index (Phi) is 4.21. The Morgan fingerprint density at radius 2 is 2.10 bits per heavy atom. The lowest BCUT2D eigenvalue weighted by molar-refractivity contribution is 0.0983. The summed E-state index contributed by atoms with van der Waals surface area (Å²) < 4.78 is 0. The minimum absolute atomic E-state index is 0.117. The van der Waals surface area contributed by atoms with Crippen molar-refractivity contribution in [3.63, 3.8) is 0 Å². The number of benzene rings is 1. The van der Waals surface area contributed by atoms with E-state index in [2.05, 4.69) is 11.1 Å². The molecule has 0 radical (unpaired) electrons. The Labute approximate surface area is 118 Å². The van der Waals surface area contributed by atoms with Gasteiger partial charge < -0.3 is 9.88 Å². The van der Waals surface area contributed by atoms with E-state index in [1.807, 2.05) is 32.0 Å². The summed E-state index contributed by atoms with van der Waals surface area (Å²) in [5, 5.41) is 8.78. The number of hydrogen-bond donors (Lipinski definition) is 1. The summed E-state index contributed by atoms with van der Waals surface area (Å²) in [5.74, 6) is -0.117. The fourth-order valence-electron chi connectivity index (χ4n) is 2.01. The van der Waals surface area contributed by atoms with Gasteiger partial charge in [-0.25, -0.2) is 0 Å². The van der Waals surface area contributed by atoms with Crippen LogP contribution in [-0.2, 0) is 0 Å². The second kappa shape index (κ2) is 6.07. The first-order chi connectivity index (χ1) is 9.63. The van der Waals surface area contributed by atoms with Crippen molar-refractivity contribution in [3.05, 3.63) is 53.3 Å². The third-order valence-electron chi connectivity index (χ3n) is 3.32. The van der Waals surface area contributed by atoms with Crippen LogP contribution in [0.5, 0.6) is 0 Å². The lowest BCUT2D eigenvalue weighted by Gasteiger charge is -2.22. The molecule has 0 saturated carbocycles. The predicted molar refractivity (Wildman–Crippen MR) is 78.6 cm³/mol. The summed E-state index contributed by atoms with van der Waals surface area (Å²) in [6.07, 6.45) is 2.02. The standard InChI is InChI=1S/C16H17N3O/c1-12-6-7-14(11-13(12)2)19(10-4-8-17)16(20)15-5-3-9-18-15/h3,5-7,9,11,18H,4,10H2,1-2H3. The van der Waals surface area contributed by atoms with E-state index in [0.717, 1.165) is 11.3 Å². The van der Waals surface area contributed by atoms with Gasteiger partial charge in [-0.1, -0.05) is 6.07 Å². The number of aromatic nitrogens is 1. The van der Waals surface area contributed by atoms with Crippen molar-refractivity contribution in [3.8, 4) is 6.07 Å². The van der Waals surface area contributed by atoms with Gasteiger partial charge in [-0.2, -0.15) is 5.26 Å². The molecule has 1 heterocycles. The summed E-state index contributed by atoms with van der Waals surface area (Å²) in [7, 11) is 0. The molecular formula is C16H17N3O. The van der Waals surface area contributed by atoms with Gasteiger partial charge in [0.25, 0.3) is 5.91 Å². The van der Waals surface area contributed by atoms with Gasteiger partial charge in [-0.3, -0.25) is 4.79 Å². The van der Waals surface area contributed by atoms with Crippen molar-refractivity contribution in [2.24, 2.45) is 0 Å². The quantitative estimate of drug-likeness (QED) is 0.924. The summed E-state index contributed by atoms with van der Waals surface area (Å²) in [5.41, 5.74) is 3.66. The van der Waals surface area contributed by atoms with Crippen molar-refractivity contribution in [1.29, 1.82) is 5.26 Å². The van der Waals surface area contributed by atoms with Crippen LogP contribution < -0.4 is 4.90 Å². The van der Waals surface area contributed by atoms with Gasteiger partial charge in [-0.05, 0) is 49.2 Å². The van der Waals surface area contributed by atoms with Crippen LogP contribution in [0, 0.1) is 25.2 Å². The molecule has 0 fully saturated rings. The largest absolute Gasteiger partial charge is 0.357 e. The highest BCUT2D eigenvalue weighted by Gasteiger charge is 2.18. The number of rotatable bonds is 4. The highest BCUT2D eigenvalue weighted by atomic mass is 16.2. The molecule has 0 atom stereocenters. The molecule has 102 valence electrons. The van der Waals surface area contributed by atoms with E-state index in [-0.39, 0.29) is 5.91 Å². The Bertz CT molecular complexity index is 638. The maximum absolute atomic E-state index is 12.5. The molecule has 0 spiro atoms. The zero-order valence-corrected chi connectivity index (χ0v) is 11.7. The minimum Gasteiger partial charge on any atom is -0.357 e. The average Bonchev–Trinajstić information content (AvgIpc) is 2.97. The highest BCUT2D eigenvalue weighted by Crippen LogP contribution is 2.21. The van der Waals surface area contributed by atoms with E-state index in [9.17, 15) is 4.79 Å². The predicted octanol–water partition coefficient (Wildman–Crippen LogP) is 3.19. The monoisotopic (exact) mass is 267 g/mol. The zero-order chi connectivity index (χ0) is 14.5. The highest BCUT2D eigenvalue weighted by molar-refractivity contribution is 6.04. The number of hydrogen-bond acceptors (Lipinski definition) is 2. The number of amides is 1. The van der Waals surface area contributed by atoms with Gasteiger partial charge in [0.05, 0.1) is 12.5 Å². The van der Waals surface area contributed by atoms with Crippen LogP contribution in [0.2, 0.25) is 0 Å². The number of H-pyrrole nitrogens is 1. The summed E-state index contributed by atoms with van der Waals surface area (Å²) >= 11 is 0. The third kappa shape index (κ3) is 2.89. The maximum Gasteiger partial charge on any atom is 0.274 e. The Hall–Kier alpha value is -2.54. The molecule has 0 saturated heterocycles. The van der Waals surface area contributed by atoms with Crippen LogP contribution in [0.1, 0.15) is 28.0 Å². The van der Waals surface area contributed by atoms with Gasteiger partial charge >= 0.3 is 0 Å². The van der Waals surface area contributed by atoms with Gasteiger partial charge in [0, 0.05) is 18.4 Å². The van der Waals surface area contributed by atoms with Crippen molar-refractivity contribution in [2.45, 2.75) is 20.3 Å². The summed E-state index contributed by atoms with van der Waals surface area (Å²) in [6, 6.07) is 11.5. The second-order valence-electron chi connectivity index (χ2n) is 4.72. The molecule has 4 nitrogen and oxygen atoms in total. The average molecular weight is 267 g/mol. The third-order valence-corrected chi connectivity index (χ3v) is 3.32. The van der Waals surface area contributed by atoms with Gasteiger partial charge in [-0.15, -0.1) is 0 Å². The zero-order valence-electron chi connectivity index (χ0n) is 11.7. The molecule has 1 aromatic carbocycles. The lowest BCUT2D eigenvalue weighted by Crippen LogP contribution is -2.32. The molecule has 1 aromatic heterocycles. The lowest BCUT2D eigenvalue weighted by atomic mass is 10.1. The van der Waals surface area contributed by atoms with Crippen LogP contribution in [0.3, 0.4) is 0 Å². The molecule has 0 aliphatic heterocycles. The first-order valence-electron chi connectivity index (χ1n) is 6.53. The first-order valence-corrected chi connectivity index (χ1v) is 6.53. The van der Waals surface area contributed by atoms with Crippen molar-refractivity contribution in [1.82, 2.24) is 4.98 Å². The molecule has 4 heteroatoms. The topological polar surface area (TPSA) is 59.9 Å². The minimum atomic E-state index is -0.117. The van der Waals surface area contributed by atoms with E-state index in [1.54, 1.807) is 23.2 Å². The molecule has 1 amide bonds. The number of anilines is 1. The van der Waals surface area contributed by atoms with Crippen molar-refractivity contribution in [2.75, 3.05) is 11.4 Å². The first kappa shape index (κ1) is 13.9. The number of nitrogens with zero attached hydrogens (tertiary/aromatic N) is 2. The molecule has 2 rings (SSSR count). The Balaban J connectivity index is 2.34. The van der Waals surface area contributed by atoms with E-state index < -0.39 is 0 Å². The fraction of sp³-hybridized carbons (Fsp3) is 0.250. The van der Waals surface area contributed by atoms with Crippen LogP contribution >= 0.6 is 0 Å². The molecule has 2 aromatic rings. The number of aryl methyl sites for hydroxylation is 2. The molecule has 20 heavy (non-hydrogen) atoms. The number of nitriles is 1. The number of nitrogens with one attached hydrogen (secondary N) is 1. The van der Waals surface area contributed by atoms with Gasteiger partial charge in [0.2, 0.25) is 0 Å². The smallest absolute Gasteiger partial charge is 0.274 e. The Morgan fingerprint density at radius 1 is 1.30 bits per heavy atom. The molecule has 1 N–H and O–H groups in total. The maximum atomic E-state index is 12.5. The van der Waals surface area contributed by atoms with E-state index in [1.165, 1.54) is 5.56 Å². The molecule has 0 aliphatic rings. The van der Waals surface area contributed by atoms with Crippen molar-refractivity contribution < 1.29 is 4.79 Å². The molecule has 0 aliphatic carbocycles. The van der Waals surface area contributed by atoms with E-state index in [4.69, 9.17) is 5.26 Å². The molecule has 0 bridgehead atoms. The molecule has 0 unspecified atom stereocenters. The van der Waals surface area contributed by atoms with Gasteiger partial charge in [0.1, 0.15) is 5.69 Å². The number of carbonyl (C=O) groups is 1. The van der Waals surface area contributed by atoms with Crippen LogP contribution in [0.15, 0.2) is 36.5 Å². The van der Waals surface area contributed by atoms with Crippen LogP contribution in [0.25, 0.3) is 0 Å². The van der Waals surface area contributed by atoms with E-state index >= 15 is 0 Å². The summed E-state index contributed by atoms with van der Waals surface area (Å²) in [6.45, 7) is 4.43. The number of aromatic amines is 1. The van der Waals surface area contributed by atoms with Crippen molar-refractivity contribution >= 4 is 11.6 Å². The van der Waals surface area contributed by atoms with E-state index in [0.29, 0.717) is 18.7 Å². The van der Waals surface area contributed by atoms with Crippen LogP contribution in [0.4, 0.5) is 5.69 Å². The van der Waals surface area contributed by atoms with Gasteiger partial charge in [0.15, 0.2) is 0 Å². The fourth-order valence-corrected chi connectivity index (χ4v) is 2.01. The number of carbonyl (C=O) groups excluding carboxylic acids is 1. The SMILES string of the molecule is Cc1ccc(N(CCC#N)C(=O)c2ccc[nH]2)cc1C. The normalized spacial score (nSPS) is 10.1.